The number of anilines is 1. The SMILES string of the molecule is Cc1ccc(CC(=O)Nc2[nH]nc3c2c(-c2ccccc2)nn3C)cc1O. The molecule has 3 N–H and O–H groups in total. The van der Waals surface area contributed by atoms with E-state index in [0.29, 0.717) is 11.5 Å². The van der Waals surface area contributed by atoms with Gasteiger partial charge in [-0.2, -0.15) is 10.2 Å². The van der Waals surface area contributed by atoms with Crippen LogP contribution in [0.1, 0.15) is 11.1 Å². The molecule has 7 heteroatoms. The minimum Gasteiger partial charge on any atom is -0.508 e. The number of hydrogen-bond donors (Lipinski definition) is 3. The number of aryl methyl sites for hydroxylation is 2. The van der Waals surface area contributed by atoms with Crippen LogP contribution in [0.4, 0.5) is 5.82 Å². The Balaban J connectivity index is 1.64. The van der Waals surface area contributed by atoms with Crippen molar-refractivity contribution in [3.05, 3.63) is 59.7 Å². The van der Waals surface area contributed by atoms with Gasteiger partial charge in [-0.1, -0.05) is 42.5 Å². The van der Waals surface area contributed by atoms with Crippen molar-refractivity contribution >= 4 is 22.8 Å². The highest BCUT2D eigenvalue weighted by atomic mass is 16.3. The summed E-state index contributed by atoms with van der Waals surface area (Å²) < 4.78 is 1.68. The second-order valence-corrected chi connectivity index (χ2v) is 6.48. The average Bonchev–Trinajstić information content (AvgIpc) is 3.21. The van der Waals surface area contributed by atoms with Crippen molar-refractivity contribution < 1.29 is 9.90 Å². The van der Waals surface area contributed by atoms with Crippen LogP contribution in [0.3, 0.4) is 0 Å². The minimum absolute atomic E-state index is 0.148. The molecule has 4 aromatic rings. The van der Waals surface area contributed by atoms with Gasteiger partial charge in [0, 0.05) is 12.6 Å². The summed E-state index contributed by atoms with van der Waals surface area (Å²) in [6, 6.07) is 15.0. The Labute approximate surface area is 155 Å². The quantitative estimate of drug-likeness (QED) is 0.520. The summed E-state index contributed by atoms with van der Waals surface area (Å²) in [5.41, 5.74) is 3.88. The summed E-state index contributed by atoms with van der Waals surface area (Å²) in [5.74, 6) is 0.493. The van der Waals surface area contributed by atoms with Gasteiger partial charge >= 0.3 is 0 Å². The molecule has 0 radical (unpaired) electrons. The van der Waals surface area contributed by atoms with E-state index in [2.05, 4.69) is 20.6 Å². The number of aromatic amines is 1. The molecule has 4 rings (SSSR count). The number of phenolic OH excluding ortho intramolecular Hbond substituents is 1. The van der Waals surface area contributed by atoms with Crippen molar-refractivity contribution in [2.24, 2.45) is 7.05 Å². The number of nitrogens with zero attached hydrogens (tertiary/aromatic N) is 3. The maximum Gasteiger partial charge on any atom is 0.229 e. The molecule has 7 nitrogen and oxygen atoms in total. The molecular weight excluding hydrogens is 342 g/mol. The van der Waals surface area contributed by atoms with Crippen molar-refractivity contribution in [1.29, 1.82) is 0 Å². The van der Waals surface area contributed by atoms with E-state index >= 15 is 0 Å². The topological polar surface area (TPSA) is 95.8 Å². The van der Waals surface area contributed by atoms with E-state index in [1.165, 1.54) is 0 Å². The van der Waals surface area contributed by atoms with E-state index in [4.69, 9.17) is 0 Å². The number of H-pyrrole nitrogens is 1. The highest BCUT2D eigenvalue weighted by Crippen LogP contribution is 2.31. The number of nitrogens with one attached hydrogen (secondary N) is 2. The van der Waals surface area contributed by atoms with Crippen molar-refractivity contribution in [1.82, 2.24) is 20.0 Å². The second kappa shape index (κ2) is 6.60. The zero-order valence-electron chi connectivity index (χ0n) is 15.0. The van der Waals surface area contributed by atoms with Gasteiger partial charge in [-0.15, -0.1) is 0 Å². The van der Waals surface area contributed by atoms with Gasteiger partial charge in [0.2, 0.25) is 5.91 Å². The third-order valence-corrected chi connectivity index (χ3v) is 4.49. The van der Waals surface area contributed by atoms with E-state index in [-0.39, 0.29) is 18.1 Å². The number of benzene rings is 2. The van der Waals surface area contributed by atoms with Crippen LogP contribution in [0, 0.1) is 6.92 Å². The molecule has 0 aliphatic rings. The highest BCUT2D eigenvalue weighted by Gasteiger charge is 2.19. The van der Waals surface area contributed by atoms with Gasteiger partial charge in [0.1, 0.15) is 17.3 Å². The Morgan fingerprint density at radius 1 is 1.22 bits per heavy atom. The Morgan fingerprint density at radius 3 is 2.74 bits per heavy atom. The lowest BCUT2D eigenvalue weighted by molar-refractivity contribution is -0.115. The first-order valence-electron chi connectivity index (χ1n) is 8.58. The Hall–Kier alpha value is -3.61. The molecule has 1 amide bonds. The lowest BCUT2D eigenvalue weighted by Crippen LogP contribution is -2.15. The summed E-state index contributed by atoms with van der Waals surface area (Å²) in [5, 5.41) is 25.2. The van der Waals surface area contributed by atoms with Crippen LogP contribution < -0.4 is 5.32 Å². The number of aromatic nitrogens is 4. The van der Waals surface area contributed by atoms with Gasteiger partial charge in [-0.25, -0.2) is 4.68 Å². The third kappa shape index (κ3) is 3.15. The van der Waals surface area contributed by atoms with Crippen LogP contribution in [-0.2, 0) is 18.3 Å². The van der Waals surface area contributed by atoms with Crippen molar-refractivity contribution in [2.75, 3.05) is 5.32 Å². The lowest BCUT2D eigenvalue weighted by Gasteiger charge is -2.06. The Bertz CT molecular complexity index is 1130. The van der Waals surface area contributed by atoms with Crippen molar-refractivity contribution in [2.45, 2.75) is 13.3 Å². The molecule has 2 aromatic heterocycles. The van der Waals surface area contributed by atoms with Gasteiger partial charge in [-0.05, 0) is 24.1 Å². The first-order valence-corrected chi connectivity index (χ1v) is 8.58. The molecule has 2 aromatic carbocycles. The predicted octanol–water partition coefficient (Wildman–Crippen LogP) is 3.16. The Kier molecular flexibility index (Phi) is 4.12. The van der Waals surface area contributed by atoms with Crippen LogP contribution in [-0.4, -0.2) is 31.0 Å². The maximum absolute atomic E-state index is 12.5. The number of hydrogen-bond acceptors (Lipinski definition) is 4. The van der Waals surface area contributed by atoms with Gasteiger partial charge in [-0.3, -0.25) is 9.89 Å². The molecular formula is C20H19N5O2. The summed E-state index contributed by atoms with van der Waals surface area (Å²) in [6.07, 6.45) is 0.148. The lowest BCUT2D eigenvalue weighted by atomic mass is 10.1. The largest absolute Gasteiger partial charge is 0.508 e. The summed E-state index contributed by atoms with van der Waals surface area (Å²) in [6.45, 7) is 1.81. The molecule has 0 fully saturated rings. The smallest absolute Gasteiger partial charge is 0.229 e. The zero-order valence-corrected chi connectivity index (χ0v) is 15.0. The second-order valence-electron chi connectivity index (χ2n) is 6.48. The summed E-state index contributed by atoms with van der Waals surface area (Å²) in [4.78, 5) is 12.5. The standard InChI is InChI=1S/C20H19N5O2/c1-12-8-9-13(10-15(12)26)11-16(27)21-19-17-18(14-6-4-3-5-7-14)24-25(2)20(17)23-22-19/h3-10,26H,11H2,1-2H3,(H2,21,22,23,27). The normalized spacial score (nSPS) is 11.0. The number of phenols is 1. The number of carbonyl (C=O) groups is 1. The first kappa shape index (κ1) is 16.8. The molecule has 2 heterocycles. The summed E-state index contributed by atoms with van der Waals surface area (Å²) in [7, 11) is 1.82. The van der Waals surface area contributed by atoms with Crippen molar-refractivity contribution in [3.63, 3.8) is 0 Å². The number of fused-ring (bicyclic) bond motifs is 1. The number of amides is 1. The number of rotatable bonds is 4. The molecule has 0 aliphatic carbocycles. The van der Waals surface area contributed by atoms with Crippen LogP contribution in [0.5, 0.6) is 5.75 Å². The van der Waals surface area contributed by atoms with E-state index in [1.807, 2.05) is 50.4 Å². The van der Waals surface area contributed by atoms with Crippen LogP contribution in [0.25, 0.3) is 22.3 Å². The maximum atomic E-state index is 12.5. The summed E-state index contributed by atoms with van der Waals surface area (Å²) >= 11 is 0. The molecule has 136 valence electrons. The fourth-order valence-corrected chi connectivity index (χ4v) is 3.06. The number of carbonyl (C=O) groups excluding carboxylic acids is 1. The van der Waals surface area contributed by atoms with Crippen LogP contribution in [0.2, 0.25) is 0 Å². The highest BCUT2D eigenvalue weighted by molar-refractivity contribution is 6.05. The van der Waals surface area contributed by atoms with Gasteiger partial charge < -0.3 is 10.4 Å². The molecule has 0 spiro atoms. The molecule has 0 saturated heterocycles. The molecule has 0 bridgehead atoms. The molecule has 0 aliphatic heterocycles. The predicted molar refractivity (Wildman–Crippen MR) is 103 cm³/mol. The minimum atomic E-state index is -0.202. The molecule has 0 unspecified atom stereocenters. The van der Waals surface area contributed by atoms with E-state index in [0.717, 1.165) is 27.8 Å². The molecule has 27 heavy (non-hydrogen) atoms. The van der Waals surface area contributed by atoms with Gasteiger partial charge in [0.05, 0.1) is 11.8 Å². The van der Waals surface area contributed by atoms with Gasteiger partial charge in [0.25, 0.3) is 0 Å². The molecule has 0 saturated carbocycles. The first-order chi connectivity index (χ1) is 13.0. The van der Waals surface area contributed by atoms with E-state index in [9.17, 15) is 9.90 Å². The van der Waals surface area contributed by atoms with Crippen LogP contribution in [0.15, 0.2) is 48.5 Å². The average molecular weight is 361 g/mol. The fourth-order valence-electron chi connectivity index (χ4n) is 3.06. The van der Waals surface area contributed by atoms with Gasteiger partial charge in [0.15, 0.2) is 5.65 Å². The fraction of sp³-hybridized carbons (Fsp3) is 0.150. The zero-order chi connectivity index (χ0) is 19.0. The van der Waals surface area contributed by atoms with Crippen molar-refractivity contribution in [3.8, 4) is 17.0 Å². The van der Waals surface area contributed by atoms with Crippen LogP contribution >= 0.6 is 0 Å². The third-order valence-electron chi connectivity index (χ3n) is 4.49. The monoisotopic (exact) mass is 361 g/mol. The van der Waals surface area contributed by atoms with E-state index in [1.54, 1.807) is 16.8 Å². The Morgan fingerprint density at radius 2 is 2.00 bits per heavy atom. The number of aromatic hydroxyl groups is 1. The molecule has 0 atom stereocenters. The van der Waals surface area contributed by atoms with E-state index < -0.39 is 0 Å².